The molecule has 6 heteroatoms. The van der Waals surface area contributed by atoms with Gasteiger partial charge in [0.1, 0.15) is 12.4 Å². The maximum Gasteiger partial charge on any atom is 0.170 e. The average molecular weight is 400 g/mol. The van der Waals surface area contributed by atoms with E-state index in [0.29, 0.717) is 12.2 Å². The van der Waals surface area contributed by atoms with Crippen molar-refractivity contribution in [2.45, 2.75) is 6.61 Å². The van der Waals surface area contributed by atoms with Crippen LogP contribution in [0.5, 0.6) is 5.75 Å². The molecule has 0 aromatic heterocycles. The highest BCUT2D eigenvalue weighted by atomic mass is 79.9. The van der Waals surface area contributed by atoms with E-state index in [4.69, 9.17) is 15.7 Å². The quantitative estimate of drug-likeness (QED) is 0.354. The third kappa shape index (κ3) is 3.52. The Morgan fingerprint density at radius 3 is 2.65 bits per heavy atom. The Balaban J connectivity index is 2.19. The maximum absolute atomic E-state index is 8.78. The van der Waals surface area contributed by atoms with Crippen molar-refractivity contribution in [3.63, 3.8) is 0 Å². The number of hydrogen-bond acceptors (Lipinski definition) is 3. The second-order valence-electron chi connectivity index (χ2n) is 4.01. The molecule has 0 aliphatic carbocycles. The van der Waals surface area contributed by atoms with Crippen molar-refractivity contribution < 1.29 is 9.94 Å². The Kier molecular flexibility index (Phi) is 5.03. The van der Waals surface area contributed by atoms with Crippen LogP contribution in [-0.2, 0) is 6.61 Å². The van der Waals surface area contributed by atoms with Crippen LogP contribution < -0.4 is 10.5 Å². The summed E-state index contributed by atoms with van der Waals surface area (Å²) in [4.78, 5) is 0. The van der Waals surface area contributed by atoms with Crippen LogP contribution >= 0.6 is 31.9 Å². The zero-order valence-corrected chi connectivity index (χ0v) is 13.6. The van der Waals surface area contributed by atoms with Crippen LogP contribution in [0.1, 0.15) is 11.1 Å². The molecular formula is C14H12Br2N2O2. The number of amidine groups is 1. The zero-order valence-electron chi connectivity index (χ0n) is 10.4. The van der Waals surface area contributed by atoms with E-state index in [2.05, 4.69) is 37.0 Å². The van der Waals surface area contributed by atoms with Crippen LogP contribution in [0, 0.1) is 0 Å². The molecule has 0 radical (unpaired) electrons. The van der Waals surface area contributed by atoms with E-state index in [9.17, 15) is 0 Å². The molecule has 0 saturated heterocycles. The Hall–Kier alpha value is -1.53. The lowest BCUT2D eigenvalue weighted by Gasteiger charge is -2.11. The normalized spacial score (nSPS) is 11.4. The van der Waals surface area contributed by atoms with Crippen molar-refractivity contribution in [2.24, 2.45) is 10.9 Å². The van der Waals surface area contributed by atoms with Crippen LogP contribution in [0.25, 0.3) is 0 Å². The van der Waals surface area contributed by atoms with Crippen LogP contribution in [0.15, 0.2) is 56.6 Å². The van der Waals surface area contributed by atoms with Gasteiger partial charge in [0.15, 0.2) is 5.84 Å². The van der Waals surface area contributed by atoms with Crippen LogP contribution in [0.2, 0.25) is 0 Å². The van der Waals surface area contributed by atoms with E-state index in [1.165, 1.54) is 0 Å². The van der Waals surface area contributed by atoms with Gasteiger partial charge in [-0.05, 0) is 34.1 Å². The van der Waals surface area contributed by atoms with Crippen LogP contribution in [0.4, 0.5) is 0 Å². The number of halogens is 2. The molecule has 0 spiro atoms. The number of ether oxygens (including phenoxy) is 1. The summed E-state index contributed by atoms with van der Waals surface area (Å²) in [6.07, 6.45) is 0. The molecule has 20 heavy (non-hydrogen) atoms. The average Bonchev–Trinajstić information content (AvgIpc) is 2.46. The zero-order chi connectivity index (χ0) is 14.5. The van der Waals surface area contributed by atoms with E-state index in [0.717, 1.165) is 20.3 Å². The fourth-order valence-electron chi connectivity index (χ4n) is 1.70. The summed E-state index contributed by atoms with van der Waals surface area (Å²) in [7, 11) is 0. The van der Waals surface area contributed by atoms with Gasteiger partial charge >= 0.3 is 0 Å². The van der Waals surface area contributed by atoms with Gasteiger partial charge in [-0.1, -0.05) is 45.4 Å². The van der Waals surface area contributed by atoms with Gasteiger partial charge in [-0.15, -0.1) is 0 Å². The van der Waals surface area contributed by atoms with Gasteiger partial charge < -0.3 is 15.7 Å². The Morgan fingerprint density at radius 1 is 1.20 bits per heavy atom. The van der Waals surface area contributed by atoms with Crippen LogP contribution in [-0.4, -0.2) is 11.0 Å². The molecule has 2 rings (SSSR count). The van der Waals surface area contributed by atoms with E-state index in [-0.39, 0.29) is 5.84 Å². The lowest BCUT2D eigenvalue weighted by Crippen LogP contribution is -2.16. The van der Waals surface area contributed by atoms with Crippen molar-refractivity contribution >= 4 is 37.7 Å². The summed E-state index contributed by atoms with van der Waals surface area (Å²) in [5, 5.41) is 11.8. The topological polar surface area (TPSA) is 67.8 Å². The molecule has 0 aliphatic rings. The first-order valence-electron chi connectivity index (χ1n) is 5.75. The smallest absolute Gasteiger partial charge is 0.170 e. The highest BCUT2D eigenvalue weighted by molar-refractivity contribution is 9.11. The lowest BCUT2D eigenvalue weighted by atomic mass is 10.1. The minimum absolute atomic E-state index is 0.0686. The number of nitrogens with zero attached hydrogens (tertiary/aromatic N) is 1. The predicted octanol–water partition coefficient (Wildman–Crippen LogP) is 3.89. The van der Waals surface area contributed by atoms with E-state index >= 15 is 0 Å². The maximum atomic E-state index is 8.78. The second kappa shape index (κ2) is 6.76. The summed E-state index contributed by atoms with van der Waals surface area (Å²) >= 11 is 6.83. The first-order chi connectivity index (χ1) is 9.61. The molecule has 0 atom stereocenters. The standard InChI is InChI=1S/C14H12Br2N2O2/c15-10-5-6-13(12(16)7-10)20-8-9-3-1-2-4-11(9)14(17)18-19/h1-7,19H,8H2,(H2,17,18). The van der Waals surface area contributed by atoms with Gasteiger partial charge in [0.2, 0.25) is 0 Å². The van der Waals surface area contributed by atoms with Crippen molar-refractivity contribution in [3.05, 3.63) is 62.5 Å². The highest BCUT2D eigenvalue weighted by Crippen LogP contribution is 2.29. The van der Waals surface area contributed by atoms with Gasteiger partial charge in [0.05, 0.1) is 4.47 Å². The molecule has 0 unspecified atom stereocenters. The third-order valence-corrected chi connectivity index (χ3v) is 3.79. The fourth-order valence-corrected chi connectivity index (χ4v) is 2.86. The fraction of sp³-hybridized carbons (Fsp3) is 0.0714. The molecule has 0 heterocycles. The first-order valence-corrected chi connectivity index (χ1v) is 7.34. The molecule has 0 aliphatic heterocycles. The van der Waals surface area contributed by atoms with Gasteiger partial charge in [-0.3, -0.25) is 0 Å². The second-order valence-corrected chi connectivity index (χ2v) is 5.78. The molecule has 104 valence electrons. The molecule has 0 fully saturated rings. The molecule has 3 N–H and O–H groups in total. The highest BCUT2D eigenvalue weighted by Gasteiger charge is 2.08. The summed E-state index contributed by atoms with van der Waals surface area (Å²) in [6.45, 7) is 0.326. The van der Waals surface area contributed by atoms with Crippen LogP contribution in [0.3, 0.4) is 0 Å². The first kappa shape index (κ1) is 14.9. The summed E-state index contributed by atoms with van der Waals surface area (Å²) < 4.78 is 7.57. The minimum atomic E-state index is 0.0686. The van der Waals surface area contributed by atoms with E-state index < -0.39 is 0 Å². The monoisotopic (exact) mass is 398 g/mol. The SMILES string of the molecule is NC(=NO)c1ccccc1COc1ccc(Br)cc1Br. The minimum Gasteiger partial charge on any atom is -0.488 e. The molecule has 4 nitrogen and oxygen atoms in total. The van der Waals surface area contributed by atoms with Gasteiger partial charge in [0.25, 0.3) is 0 Å². The number of hydrogen-bond donors (Lipinski definition) is 2. The van der Waals surface area contributed by atoms with Gasteiger partial charge in [-0.25, -0.2) is 0 Å². The van der Waals surface area contributed by atoms with E-state index in [1.54, 1.807) is 6.07 Å². The summed E-state index contributed by atoms with van der Waals surface area (Å²) in [6, 6.07) is 13.0. The van der Waals surface area contributed by atoms with Crippen molar-refractivity contribution in [2.75, 3.05) is 0 Å². The Morgan fingerprint density at radius 2 is 1.95 bits per heavy atom. The number of nitrogens with two attached hydrogens (primary N) is 1. The summed E-state index contributed by atoms with van der Waals surface area (Å²) in [5.41, 5.74) is 7.14. The Labute approximate surface area is 133 Å². The summed E-state index contributed by atoms with van der Waals surface area (Å²) in [5.74, 6) is 0.793. The number of rotatable bonds is 4. The Bertz CT molecular complexity index is 645. The molecule has 2 aromatic rings. The van der Waals surface area contributed by atoms with Gasteiger partial charge in [-0.2, -0.15) is 0 Å². The number of benzene rings is 2. The molecule has 0 saturated carbocycles. The molecule has 0 amide bonds. The van der Waals surface area contributed by atoms with Crippen molar-refractivity contribution in [1.29, 1.82) is 0 Å². The molecular weight excluding hydrogens is 388 g/mol. The van der Waals surface area contributed by atoms with Gasteiger partial charge in [0, 0.05) is 15.6 Å². The number of oxime groups is 1. The predicted molar refractivity (Wildman–Crippen MR) is 85.1 cm³/mol. The van der Waals surface area contributed by atoms with E-state index in [1.807, 2.05) is 36.4 Å². The third-order valence-electron chi connectivity index (χ3n) is 2.68. The molecule has 2 aromatic carbocycles. The largest absolute Gasteiger partial charge is 0.488 e. The lowest BCUT2D eigenvalue weighted by molar-refractivity contribution is 0.303. The molecule has 0 bridgehead atoms. The van der Waals surface area contributed by atoms with Crippen molar-refractivity contribution in [3.8, 4) is 5.75 Å². The van der Waals surface area contributed by atoms with Crippen molar-refractivity contribution in [1.82, 2.24) is 0 Å².